The molecule has 0 atom stereocenters. The van der Waals surface area contributed by atoms with Crippen LogP contribution in [0.3, 0.4) is 0 Å². The highest BCUT2D eigenvalue weighted by atomic mass is 14.8. The highest BCUT2D eigenvalue weighted by Crippen LogP contribution is 1.83. The van der Waals surface area contributed by atoms with Crippen LogP contribution >= 0.6 is 0 Å². The Morgan fingerprint density at radius 3 is 2.12 bits per heavy atom. The van der Waals surface area contributed by atoms with E-state index in [4.69, 9.17) is 22.1 Å². The van der Waals surface area contributed by atoms with Gasteiger partial charge < -0.3 is 16.9 Å². The van der Waals surface area contributed by atoms with Crippen LogP contribution in [0, 0.1) is 16.7 Å². The standard InChI is InChI=1S/C4H6N4/c5-1-3(2-6)4(7)8/h1,5H,7-8H2. The van der Waals surface area contributed by atoms with E-state index in [1.807, 2.05) is 0 Å². The van der Waals surface area contributed by atoms with Crippen LogP contribution in [0.25, 0.3) is 0 Å². The lowest BCUT2D eigenvalue weighted by Gasteiger charge is -1.87. The zero-order valence-electron chi connectivity index (χ0n) is 4.18. The summed E-state index contributed by atoms with van der Waals surface area (Å²) in [5.74, 6) is -0.109. The predicted molar refractivity (Wildman–Crippen MR) is 29.8 cm³/mol. The molecule has 0 saturated heterocycles. The van der Waals surface area contributed by atoms with Crippen molar-refractivity contribution in [2.45, 2.75) is 0 Å². The Balaban J connectivity index is 4.38. The van der Waals surface area contributed by atoms with Crippen LogP contribution in [0.1, 0.15) is 0 Å². The number of hydrogen-bond acceptors (Lipinski definition) is 4. The molecular formula is C4H6N4. The first-order valence-electron chi connectivity index (χ1n) is 1.88. The molecule has 0 saturated carbocycles. The first-order valence-corrected chi connectivity index (χ1v) is 1.88. The van der Waals surface area contributed by atoms with Crippen molar-refractivity contribution in [3.05, 3.63) is 11.4 Å². The molecule has 0 heterocycles. The zero-order valence-corrected chi connectivity index (χ0v) is 4.18. The Labute approximate surface area is 46.9 Å². The maximum Gasteiger partial charge on any atom is 0.113 e. The highest BCUT2D eigenvalue weighted by molar-refractivity contribution is 5.81. The van der Waals surface area contributed by atoms with Crippen molar-refractivity contribution in [3.8, 4) is 6.07 Å². The monoisotopic (exact) mass is 110 g/mol. The van der Waals surface area contributed by atoms with E-state index < -0.39 is 0 Å². The molecule has 42 valence electrons. The van der Waals surface area contributed by atoms with Gasteiger partial charge in [0.1, 0.15) is 17.5 Å². The molecule has 0 aromatic carbocycles. The maximum absolute atomic E-state index is 8.08. The molecule has 0 fully saturated rings. The van der Waals surface area contributed by atoms with Crippen LogP contribution in [0.5, 0.6) is 0 Å². The van der Waals surface area contributed by atoms with E-state index in [2.05, 4.69) is 0 Å². The maximum atomic E-state index is 8.08. The van der Waals surface area contributed by atoms with Crippen molar-refractivity contribution >= 4 is 6.21 Å². The van der Waals surface area contributed by atoms with Crippen LogP contribution in [0.2, 0.25) is 0 Å². The summed E-state index contributed by atoms with van der Waals surface area (Å²) >= 11 is 0. The van der Waals surface area contributed by atoms with Gasteiger partial charge in [0, 0.05) is 6.21 Å². The highest BCUT2D eigenvalue weighted by Gasteiger charge is 1.90. The van der Waals surface area contributed by atoms with E-state index in [0.717, 1.165) is 6.21 Å². The van der Waals surface area contributed by atoms with Crippen LogP contribution in [0.15, 0.2) is 11.4 Å². The molecule has 8 heavy (non-hydrogen) atoms. The molecule has 0 aromatic rings. The lowest BCUT2D eigenvalue weighted by atomic mass is 10.3. The molecular weight excluding hydrogens is 104 g/mol. The fourth-order valence-corrected chi connectivity index (χ4v) is 0.180. The van der Waals surface area contributed by atoms with Crippen molar-refractivity contribution < 1.29 is 0 Å². The molecule has 0 spiro atoms. The van der Waals surface area contributed by atoms with Crippen LogP contribution in [0.4, 0.5) is 0 Å². The van der Waals surface area contributed by atoms with E-state index in [-0.39, 0.29) is 11.4 Å². The van der Waals surface area contributed by atoms with Crippen LogP contribution in [-0.2, 0) is 0 Å². The van der Waals surface area contributed by atoms with Gasteiger partial charge in [-0.05, 0) is 0 Å². The Bertz CT molecular complexity index is 157. The topological polar surface area (TPSA) is 99.7 Å². The van der Waals surface area contributed by atoms with E-state index in [1.165, 1.54) is 0 Å². The summed E-state index contributed by atoms with van der Waals surface area (Å²) in [6.07, 6.45) is 0.815. The van der Waals surface area contributed by atoms with Gasteiger partial charge in [-0.25, -0.2) is 0 Å². The van der Waals surface area contributed by atoms with E-state index in [0.29, 0.717) is 0 Å². The molecule has 0 aliphatic rings. The number of rotatable bonds is 1. The van der Waals surface area contributed by atoms with Gasteiger partial charge in [0.25, 0.3) is 0 Å². The van der Waals surface area contributed by atoms with Crippen LogP contribution < -0.4 is 11.5 Å². The number of nitriles is 1. The molecule has 0 amide bonds. The molecule has 0 aromatic heterocycles. The largest absolute Gasteiger partial charge is 0.385 e. The van der Waals surface area contributed by atoms with E-state index in [9.17, 15) is 0 Å². The molecule has 4 nitrogen and oxygen atoms in total. The molecule has 4 heteroatoms. The summed E-state index contributed by atoms with van der Waals surface area (Å²) in [6.45, 7) is 0. The molecule has 0 bridgehead atoms. The van der Waals surface area contributed by atoms with Gasteiger partial charge in [-0.3, -0.25) is 0 Å². The van der Waals surface area contributed by atoms with Gasteiger partial charge in [-0.2, -0.15) is 5.26 Å². The third-order valence-electron chi connectivity index (χ3n) is 0.576. The molecule has 5 N–H and O–H groups in total. The summed E-state index contributed by atoms with van der Waals surface area (Å²) in [5.41, 5.74) is 9.89. The van der Waals surface area contributed by atoms with E-state index >= 15 is 0 Å². The number of hydrogen-bond donors (Lipinski definition) is 3. The Morgan fingerprint density at radius 2 is 2.12 bits per heavy atom. The first kappa shape index (κ1) is 6.50. The Kier molecular flexibility index (Phi) is 2.14. The van der Waals surface area contributed by atoms with Crippen molar-refractivity contribution in [3.63, 3.8) is 0 Å². The fraction of sp³-hybridized carbons (Fsp3) is 0. The minimum atomic E-state index is -0.109. The lowest BCUT2D eigenvalue weighted by Crippen LogP contribution is -2.11. The Morgan fingerprint density at radius 1 is 1.62 bits per heavy atom. The SMILES string of the molecule is N#CC(C=N)=C(N)N. The van der Waals surface area contributed by atoms with Crippen LogP contribution in [-0.4, -0.2) is 6.21 Å². The molecule has 0 radical (unpaired) electrons. The zero-order chi connectivity index (χ0) is 6.57. The first-order chi connectivity index (χ1) is 3.72. The average Bonchev–Trinajstić information content (AvgIpc) is 1.69. The third-order valence-corrected chi connectivity index (χ3v) is 0.576. The summed E-state index contributed by atoms with van der Waals surface area (Å²) < 4.78 is 0. The number of allylic oxidation sites excluding steroid dienone is 1. The third kappa shape index (κ3) is 1.30. The minimum Gasteiger partial charge on any atom is -0.385 e. The summed E-state index contributed by atoms with van der Waals surface area (Å²) in [6, 6.07) is 1.64. The van der Waals surface area contributed by atoms with Gasteiger partial charge in [0.15, 0.2) is 0 Å². The second-order valence-electron chi connectivity index (χ2n) is 1.13. The fourth-order valence-electron chi connectivity index (χ4n) is 0.180. The van der Waals surface area contributed by atoms with E-state index in [1.54, 1.807) is 6.07 Å². The second-order valence-corrected chi connectivity index (χ2v) is 1.13. The van der Waals surface area contributed by atoms with Gasteiger partial charge in [0.05, 0.1) is 0 Å². The summed E-state index contributed by atoms with van der Waals surface area (Å²) in [7, 11) is 0. The predicted octanol–water partition coefficient (Wildman–Crippen LogP) is -0.711. The Hall–Kier alpha value is -1.50. The molecule has 0 rings (SSSR count). The number of nitrogens with zero attached hydrogens (tertiary/aromatic N) is 1. The van der Waals surface area contributed by atoms with Crippen molar-refractivity contribution in [2.75, 3.05) is 0 Å². The second kappa shape index (κ2) is 2.64. The lowest BCUT2D eigenvalue weighted by molar-refractivity contribution is 1.23. The molecule has 0 unspecified atom stereocenters. The van der Waals surface area contributed by atoms with Gasteiger partial charge in [-0.15, -0.1) is 0 Å². The summed E-state index contributed by atoms with van der Waals surface area (Å²) in [5, 5.41) is 14.6. The number of nitrogens with one attached hydrogen (secondary N) is 1. The van der Waals surface area contributed by atoms with Crippen molar-refractivity contribution in [1.82, 2.24) is 0 Å². The summed E-state index contributed by atoms with van der Waals surface area (Å²) in [4.78, 5) is 0. The van der Waals surface area contributed by atoms with Crippen molar-refractivity contribution in [1.29, 1.82) is 10.7 Å². The smallest absolute Gasteiger partial charge is 0.113 e. The quantitative estimate of drug-likeness (QED) is 0.307. The average molecular weight is 110 g/mol. The van der Waals surface area contributed by atoms with Crippen molar-refractivity contribution in [2.24, 2.45) is 11.5 Å². The van der Waals surface area contributed by atoms with Gasteiger partial charge in [-0.1, -0.05) is 0 Å². The minimum absolute atomic E-state index is 0.00463. The molecule has 0 aliphatic carbocycles. The van der Waals surface area contributed by atoms with Gasteiger partial charge in [0.2, 0.25) is 0 Å². The normalized spacial score (nSPS) is 6.88. The number of nitrogens with two attached hydrogens (primary N) is 2. The molecule has 0 aliphatic heterocycles. The van der Waals surface area contributed by atoms with Gasteiger partial charge >= 0.3 is 0 Å².